The Kier molecular flexibility index (Phi) is 9.52. The normalized spacial score (nSPS) is 14.6. The van der Waals surface area contributed by atoms with Gasteiger partial charge in [-0.3, -0.25) is 5.01 Å². The minimum atomic E-state index is 0.355. The highest BCUT2D eigenvalue weighted by Gasteiger charge is 2.18. The van der Waals surface area contributed by atoms with Gasteiger partial charge in [0.15, 0.2) is 0 Å². The molecule has 1 unspecified atom stereocenters. The smallest absolute Gasteiger partial charge is 0.0625 e. The van der Waals surface area contributed by atoms with Gasteiger partial charge in [-0.2, -0.15) is 5.11 Å². The fourth-order valence-corrected chi connectivity index (χ4v) is 2.65. The van der Waals surface area contributed by atoms with E-state index in [-0.39, 0.29) is 0 Å². The molecule has 0 aromatic heterocycles. The van der Waals surface area contributed by atoms with E-state index in [0.29, 0.717) is 11.5 Å². The van der Waals surface area contributed by atoms with Crippen LogP contribution in [0.25, 0.3) is 0 Å². The minimum Gasteiger partial charge on any atom is -0.252 e. The third-order valence-electron chi connectivity index (χ3n) is 3.48. The monoisotopic (exact) mass is 281 g/mol. The lowest BCUT2D eigenvalue weighted by molar-refractivity contribution is 0.251. The molecule has 0 heterocycles. The Bertz CT molecular complexity index is 293. The van der Waals surface area contributed by atoms with Crippen molar-refractivity contribution in [2.75, 3.05) is 6.54 Å². The van der Waals surface area contributed by atoms with Crippen LogP contribution >= 0.6 is 0 Å². The molecule has 3 heteroatoms. The van der Waals surface area contributed by atoms with Crippen molar-refractivity contribution in [3.8, 4) is 0 Å². The Hall–Kier alpha value is -0.860. The van der Waals surface area contributed by atoms with E-state index in [4.69, 9.17) is 0 Å². The molecule has 0 aromatic rings. The molecule has 0 saturated carbocycles. The summed E-state index contributed by atoms with van der Waals surface area (Å²) in [5.41, 5.74) is 0.355. The second-order valence-electron chi connectivity index (χ2n) is 6.97. The van der Waals surface area contributed by atoms with E-state index in [1.807, 2.05) is 24.2 Å². The van der Waals surface area contributed by atoms with Crippen molar-refractivity contribution in [3.05, 3.63) is 12.3 Å². The summed E-state index contributed by atoms with van der Waals surface area (Å²) in [6, 6.07) is 0.420. The van der Waals surface area contributed by atoms with Gasteiger partial charge in [-0.05, 0) is 44.4 Å². The van der Waals surface area contributed by atoms with Gasteiger partial charge in [0.05, 0.1) is 12.6 Å². The van der Waals surface area contributed by atoms with E-state index in [2.05, 4.69) is 51.9 Å². The van der Waals surface area contributed by atoms with Gasteiger partial charge in [0.2, 0.25) is 0 Å². The topological polar surface area (TPSA) is 28.0 Å². The van der Waals surface area contributed by atoms with Gasteiger partial charge >= 0.3 is 0 Å². The molecular weight excluding hydrogens is 246 g/mol. The van der Waals surface area contributed by atoms with Crippen LogP contribution < -0.4 is 0 Å². The minimum absolute atomic E-state index is 0.355. The van der Waals surface area contributed by atoms with Crippen molar-refractivity contribution < 1.29 is 0 Å². The molecule has 20 heavy (non-hydrogen) atoms. The van der Waals surface area contributed by atoms with Crippen molar-refractivity contribution >= 4 is 0 Å². The zero-order chi connectivity index (χ0) is 15.6. The van der Waals surface area contributed by atoms with E-state index < -0.39 is 0 Å². The van der Waals surface area contributed by atoms with Crippen LogP contribution in [0.15, 0.2) is 22.6 Å². The summed E-state index contributed by atoms with van der Waals surface area (Å²) < 4.78 is 0. The van der Waals surface area contributed by atoms with Crippen LogP contribution in [0.1, 0.15) is 74.1 Å². The first-order valence-electron chi connectivity index (χ1n) is 8.11. The number of hydrogen-bond acceptors (Lipinski definition) is 2. The van der Waals surface area contributed by atoms with Gasteiger partial charge in [-0.1, -0.05) is 52.3 Å². The standard InChI is InChI=1S/C17H35N3/c1-8-10-16(5)20(13-9-2)19-18-12-11-17(6,7)14-15(3)4/h9,13,15-16H,8,10-12,14H2,1-7H3/b13-9-,19-18-. The average Bonchev–Trinajstić information content (AvgIpc) is 2.31. The van der Waals surface area contributed by atoms with Crippen molar-refractivity contribution in [2.24, 2.45) is 21.7 Å². The highest BCUT2D eigenvalue weighted by Crippen LogP contribution is 2.29. The van der Waals surface area contributed by atoms with Crippen LogP contribution in [-0.4, -0.2) is 17.6 Å². The molecule has 0 aromatic carbocycles. The van der Waals surface area contributed by atoms with E-state index >= 15 is 0 Å². The predicted molar refractivity (Wildman–Crippen MR) is 88.6 cm³/mol. The SMILES string of the molecule is C/C=C\N(/N=N\CCC(C)(C)CC(C)C)C(C)CCC. The highest BCUT2D eigenvalue weighted by atomic mass is 15.5. The summed E-state index contributed by atoms with van der Waals surface area (Å²) in [6.45, 7) is 16.4. The molecule has 0 saturated heterocycles. The molecule has 0 radical (unpaired) electrons. The maximum Gasteiger partial charge on any atom is 0.0625 e. The summed E-state index contributed by atoms with van der Waals surface area (Å²) in [7, 11) is 0. The molecular formula is C17H35N3. The third-order valence-corrected chi connectivity index (χ3v) is 3.48. The lowest BCUT2D eigenvalue weighted by Crippen LogP contribution is -2.22. The van der Waals surface area contributed by atoms with E-state index in [1.165, 1.54) is 12.8 Å². The van der Waals surface area contributed by atoms with Crippen molar-refractivity contribution in [2.45, 2.75) is 80.2 Å². The molecule has 3 nitrogen and oxygen atoms in total. The molecule has 0 aliphatic rings. The van der Waals surface area contributed by atoms with Crippen LogP contribution in [0.5, 0.6) is 0 Å². The van der Waals surface area contributed by atoms with Crippen LogP contribution in [-0.2, 0) is 0 Å². The summed E-state index contributed by atoms with van der Waals surface area (Å²) in [5.74, 6) is 0.742. The fraction of sp³-hybridized carbons (Fsp3) is 0.882. The van der Waals surface area contributed by atoms with Gasteiger partial charge in [0.1, 0.15) is 0 Å². The molecule has 0 N–H and O–H groups in total. The molecule has 118 valence electrons. The zero-order valence-corrected chi connectivity index (χ0v) is 14.7. The molecule has 0 bridgehead atoms. The van der Waals surface area contributed by atoms with E-state index in [9.17, 15) is 0 Å². The first-order valence-corrected chi connectivity index (χ1v) is 8.11. The predicted octanol–water partition coefficient (Wildman–Crippen LogP) is 5.84. The first-order chi connectivity index (χ1) is 9.32. The summed E-state index contributed by atoms with van der Waals surface area (Å²) in [4.78, 5) is 0. The molecule has 0 amide bonds. The Morgan fingerprint density at radius 2 is 1.85 bits per heavy atom. The number of allylic oxidation sites excluding steroid dienone is 1. The Morgan fingerprint density at radius 3 is 2.35 bits per heavy atom. The molecule has 0 fully saturated rings. The van der Waals surface area contributed by atoms with E-state index in [0.717, 1.165) is 25.3 Å². The summed E-state index contributed by atoms with van der Waals surface area (Å²) >= 11 is 0. The van der Waals surface area contributed by atoms with Gasteiger partial charge in [-0.25, -0.2) is 0 Å². The molecule has 0 spiro atoms. The molecule has 0 aliphatic heterocycles. The van der Waals surface area contributed by atoms with Crippen LogP contribution in [0.3, 0.4) is 0 Å². The largest absolute Gasteiger partial charge is 0.252 e. The van der Waals surface area contributed by atoms with Crippen LogP contribution in [0.4, 0.5) is 0 Å². The van der Waals surface area contributed by atoms with Crippen molar-refractivity contribution in [3.63, 3.8) is 0 Å². The van der Waals surface area contributed by atoms with Gasteiger partial charge in [-0.15, -0.1) is 0 Å². The lowest BCUT2D eigenvalue weighted by atomic mass is 9.81. The fourth-order valence-electron chi connectivity index (χ4n) is 2.65. The quantitative estimate of drug-likeness (QED) is 0.365. The molecule has 1 atom stereocenters. The second kappa shape index (κ2) is 9.95. The van der Waals surface area contributed by atoms with Crippen LogP contribution in [0.2, 0.25) is 0 Å². The maximum atomic E-state index is 4.39. The zero-order valence-electron chi connectivity index (χ0n) is 14.7. The van der Waals surface area contributed by atoms with Gasteiger partial charge in [0.25, 0.3) is 0 Å². The maximum absolute atomic E-state index is 4.39. The Labute approximate surface area is 126 Å². The van der Waals surface area contributed by atoms with Gasteiger partial charge < -0.3 is 0 Å². The van der Waals surface area contributed by atoms with Crippen molar-refractivity contribution in [1.29, 1.82) is 0 Å². The summed E-state index contributed by atoms with van der Waals surface area (Å²) in [5, 5.41) is 10.8. The third kappa shape index (κ3) is 9.11. The Morgan fingerprint density at radius 1 is 1.20 bits per heavy atom. The van der Waals surface area contributed by atoms with E-state index in [1.54, 1.807) is 0 Å². The number of hydrogen-bond donors (Lipinski definition) is 0. The van der Waals surface area contributed by atoms with Crippen molar-refractivity contribution in [1.82, 2.24) is 5.01 Å². The Balaban J connectivity index is 4.31. The number of rotatable bonds is 10. The molecule has 0 rings (SSSR count). The second-order valence-corrected chi connectivity index (χ2v) is 6.97. The summed E-state index contributed by atoms with van der Waals surface area (Å²) in [6.07, 6.45) is 8.69. The van der Waals surface area contributed by atoms with Gasteiger partial charge in [0, 0.05) is 6.20 Å². The highest BCUT2D eigenvalue weighted by molar-refractivity contribution is 4.79. The average molecular weight is 281 g/mol. The first kappa shape index (κ1) is 19.1. The lowest BCUT2D eigenvalue weighted by Gasteiger charge is -2.26. The number of nitrogens with zero attached hydrogens (tertiary/aromatic N) is 3. The molecule has 0 aliphatic carbocycles. The van der Waals surface area contributed by atoms with Crippen LogP contribution in [0, 0.1) is 11.3 Å².